The van der Waals surface area contributed by atoms with Crippen LogP contribution in [0.25, 0.3) is 11.5 Å². The first kappa shape index (κ1) is 11.3. The molecule has 1 N–H and O–H groups in total. The van der Waals surface area contributed by atoms with Gasteiger partial charge in [-0.3, -0.25) is 0 Å². The molecule has 0 radical (unpaired) electrons. The minimum absolute atomic E-state index is 0.0538. The number of hydrogen-bond donors (Lipinski definition) is 1. The van der Waals surface area contributed by atoms with Gasteiger partial charge in [-0.05, 0) is 19.1 Å². The molecule has 88 valence electrons. The van der Waals surface area contributed by atoms with Crippen molar-refractivity contribution in [2.75, 3.05) is 0 Å². The second-order valence-corrected chi connectivity index (χ2v) is 3.39. The van der Waals surface area contributed by atoms with Crippen LogP contribution in [0, 0.1) is 18.6 Å². The first-order chi connectivity index (χ1) is 7.97. The highest BCUT2D eigenvalue weighted by atomic mass is 19.1. The van der Waals surface area contributed by atoms with Gasteiger partial charge in [0.05, 0.1) is 0 Å². The molecule has 0 fully saturated rings. The van der Waals surface area contributed by atoms with Crippen LogP contribution in [-0.4, -0.2) is 16.1 Å². The topological polar surface area (TPSA) is 63.3 Å². The number of carboxylic acid groups (broad SMARTS) is 1. The molecule has 1 heterocycles. The van der Waals surface area contributed by atoms with E-state index in [2.05, 4.69) is 4.98 Å². The molecule has 0 saturated heterocycles. The molecule has 0 saturated carbocycles. The van der Waals surface area contributed by atoms with E-state index in [1.165, 1.54) is 6.92 Å². The van der Waals surface area contributed by atoms with Crippen LogP contribution in [-0.2, 0) is 0 Å². The lowest BCUT2D eigenvalue weighted by molar-refractivity contribution is 0.0689. The molecule has 1 aromatic carbocycles. The number of rotatable bonds is 2. The maximum absolute atomic E-state index is 13.0. The van der Waals surface area contributed by atoms with Gasteiger partial charge in [0.15, 0.2) is 5.69 Å². The number of oxazole rings is 1. The van der Waals surface area contributed by atoms with Crippen molar-refractivity contribution >= 4 is 5.97 Å². The number of benzene rings is 1. The lowest BCUT2D eigenvalue weighted by atomic mass is 10.2. The van der Waals surface area contributed by atoms with E-state index < -0.39 is 17.6 Å². The summed E-state index contributed by atoms with van der Waals surface area (Å²) in [5.41, 5.74) is -0.220. The zero-order valence-electron chi connectivity index (χ0n) is 8.70. The van der Waals surface area contributed by atoms with Crippen LogP contribution in [0.5, 0.6) is 0 Å². The predicted molar refractivity (Wildman–Crippen MR) is 53.6 cm³/mol. The number of aromatic carboxylic acids is 1. The van der Waals surface area contributed by atoms with Crippen LogP contribution in [0.2, 0.25) is 0 Å². The van der Waals surface area contributed by atoms with E-state index in [0.29, 0.717) is 6.07 Å². The van der Waals surface area contributed by atoms with Crippen molar-refractivity contribution < 1.29 is 23.1 Å². The SMILES string of the molecule is Cc1oc(-c2cc(F)cc(F)c2)nc1C(=O)O. The van der Waals surface area contributed by atoms with Crippen LogP contribution in [0.1, 0.15) is 16.2 Å². The van der Waals surface area contributed by atoms with Gasteiger partial charge in [-0.15, -0.1) is 0 Å². The number of carboxylic acids is 1. The van der Waals surface area contributed by atoms with E-state index in [9.17, 15) is 13.6 Å². The first-order valence-corrected chi connectivity index (χ1v) is 4.64. The fraction of sp³-hybridized carbons (Fsp3) is 0.0909. The van der Waals surface area contributed by atoms with E-state index in [0.717, 1.165) is 12.1 Å². The second-order valence-electron chi connectivity index (χ2n) is 3.39. The third-order valence-electron chi connectivity index (χ3n) is 2.11. The highest BCUT2D eigenvalue weighted by Gasteiger charge is 2.17. The van der Waals surface area contributed by atoms with E-state index in [1.54, 1.807) is 0 Å². The minimum Gasteiger partial charge on any atom is -0.476 e. The minimum atomic E-state index is -1.26. The second kappa shape index (κ2) is 3.97. The zero-order valence-corrected chi connectivity index (χ0v) is 8.70. The Morgan fingerprint density at radius 3 is 2.35 bits per heavy atom. The molecule has 0 aliphatic carbocycles. The molecular formula is C11H7F2NO3. The Bertz CT molecular complexity index is 572. The maximum atomic E-state index is 13.0. The standard InChI is InChI=1S/C11H7F2NO3/c1-5-9(11(15)16)14-10(17-5)6-2-7(12)4-8(13)3-6/h2-4H,1H3,(H,15,16). The van der Waals surface area contributed by atoms with Gasteiger partial charge in [-0.1, -0.05) is 0 Å². The van der Waals surface area contributed by atoms with Gasteiger partial charge in [0.2, 0.25) is 5.89 Å². The van der Waals surface area contributed by atoms with Crippen molar-refractivity contribution in [3.8, 4) is 11.5 Å². The van der Waals surface area contributed by atoms with Crippen molar-refractivity contribution in [3.05, 3.63) is 41.3 Å². The van der Waals surface area contributed by atoms with Gasteiger partial charge >= 0.3 is 5.97 Å². The number of halogens is 2. The average Bonchev–Trinajstić information content (AvgIpc) is 2.59. The van der Waals surface area contributed by atoms with Crippen LogP contribution >= 0.6 is 0 Å². The Morgan fingerprint density at radius 1 is 1.29 bits per heavy atom. The summed E-state index contributed by atoms with van der Waals surface area (Å²) in [4.78, 5) is 14.4. The van der Waals surface area contributed by atoms with Gasteiger partial charge in [0.25, 0.3) is 0 Å². The fourth-order valence-corrected chi connectivity index (χ4v) is 1.40. The van der Waals surface area contributed by atoms with Gasteiger partial charge in [-0.25, -0.2) is 18.6 Å². The van der Waals surface area contributed by atoms with Crippen LogP contribution in [0.4, 0.5) is 8.78 Å². The van der Waals surface area contributed by atoms with Gasteiger partial charge in [0, 0.05) is 11.6 Å². The molecule has 2 rings (SSSR count). The number of carbonyl (C=O) groups is 1. The normalized spacial score (nSPS) is 10.5. The highest BCUT2D eigenvalue weighted by molar-refractivity contribution is 5.87. The molecule has 6 heteroatoms. The summed E-state index contributed by atoms with van der Waals surface area (Å²) in [5, 5.41) is 8.76. The van der Waals surface area contributed by atoms with E-state index in [-0.39, 0.29) is 22.9 Å². The molecule has 2 aromatic rings. The van der Waals surface area contributed by atoms with Gasteiger partial charge in [0.1, 0.15) is 17.4 Å². The van der Waals surface area contributed by atoms with Crippen molar-refractivity contribution in [1.29, 1.82) is 0 Å². The summed E-state index contributed by atoms with van der Waals surface area (Å²) in [6, 6.07) is 2.73. The molecule has 4 nitrogen and oxygen atoms in total. The van der Waals surface area contributed by atoms with E-state index in [1.807, 2.05) is 0 Å². The zero-order chi connectivity index (χ0) is 12.6. The maximum Gasteiger partial charge on any atom is 0.358 e. The lowest BCUT2D eigenvalue weighted by Crippen LogP contribution is -1.98. The predicted octanol–water partition coefficient (Wildman–Crippen LogP) is 2.63. The Kier molecular flexibility index (Phi) is 2.63. The average molecular weight is 239 g/mol. The Morgan fingerprint density at radius 2 is 1.88 bits per heavy atom. The van der Waals surface area contributed by atoms with Crippen LogP contribution < -0.4 is 0 Å². The molecule has 0 amide bonds. The van der Waals surface area contributed by atoms with Crippen molar-refractivity contribution in [2.24, 2.45) is 0 Å². The molecule has 1 aromatic heterocycles. The molecular weight excluding hydrogens is 232 g/mol. The molecule has 0 atom stereocenters. The number of hydrogen-bond acceptors (Lipinski definition) is 3. The largest absolute Gasteiger partial charge is 0.476 e. The first-order valence-electron chi connectivity index (χ1n) is 4.64. The molecule has 0 aliphatic heterocycles. The third-order valence-corrected chi connectivity index (χ3v) is 2.11. The number of aryl methyl sites for hydroxylation is 1. The number of aromatic nitrogens is 1. The Hall–Kier alpha value is -2.24. The molecule has 0 spiro atoms. The van der Waals surface area contributed by atoms with Gasteiger partial charge < -0.3 is 9.52 Å². The summed E-state index contributed by atoms with van der Waals surface area (Å²) >= 11 is 0. The molecule has 0 aliphatic rings. The summed E-state index contributed by atoms with van der Waals surface area (Å²) in [7, 11) is 0. The molecule has 0 unspecified atom stereocenters. The Balaban J connectivity index is 2.53. The summed E-state index contributed by atoms with van der Waals surface area (Å²) in [6.07, 6.45) is 0. The highest BCUT2D eigenvalue weighted by Crippen LogP contribution is 2.23. The fourth-order valence-electron chi connectivity index (χ4n) is 1.40. The van der Waals surface area contributed by atoms with Crippen molar-refractivity contribution in [2.45, 2.75) is 6.92 Å². The summed E-state index contributed by atoms with van der Waals surface area (Å²) in [6.45, 7) is 1.41. The monoisotopic (exact) mass is 239 g/mol. The lowest BCUT2D eigenvalue weighted by Gasteiger charge is -1.96. The third kappa shape index (κ3) is 2.15. The van der Waals surface area contributed by atoms with E-state index in [4.69, 9.17) is 9.52 Å². The smallest absolute Gasteiger partial charge is 0.358 e. The van der Waals surface area contributed by atoms with E-state index >= 15 is 0 Å². The summed E-state index contributed by atoms with van der Waals surface area (Å²) < 4.78 is 31.0. The Labute approximate surface area is 94.5 Å². The molecule has 17 heavy (non-hydrogen) atoms. The summed E-state index contributed by atoms with van der Waals surface area (Å²) in [5.74, 6) is -2.87. The quantitative estimate of drug-likeness (QED) is 0.874. The van der Waals surface area contributed by atoms with Crippen molar-refractivity contribution in [1.82, 2.24) is 4.98 Å². The van der Waals surface area contributed by atoms with Crippen molar-refractivity contribution in [3.63, 3.8) is 0 Å². The van der Waals surface area contributed by atoms with Gasteiger partial charge in [-0.2, -0.15) is 0 Å². The molecule has 0 bridgehead atoms. The number of nitrogens with zero attached hydrogens (tertiary/aromatic N) is 1. The van der Waals surface area contributed by atoms with Crippen LogP contribution in [0.15, 0.2) is 22.6 Å². The van der Waals surface area contributed by atoms with Crippen LogP contribution in [0.3, 0.4) is 0 Å².